The third-order valence-corrected chi connectivity index (χ3v) is 16.5. The first kappa shape index (κ1) is 56.7. The van der Waals surface area contributed by atoms with E-state index in [1.165, 1.54) is 36.3 Å². The number of nitrogens with one attached hydrogen (secondary N) is 4. The van der Waals surface area contributed by atoms with Crippen LogP contribution < -0.4 is 25.3 Å². The van der Waals surface area contributed by atoms with Gasteiger partial charge in [0, 0.05) is 80.3 Å². The van der Waals surface area contributed by atoms with Crippen molar-refractivity contribution in [1.29, 1.82) is 0 Å². The Bertz CT molecular complexity index is 3170. The van der Waals surface area contributed by atoms with Crippen molar-refractivity contribution in [3.8, 4) is 0 Å². The first-order valence-electron chi connectivity index (χ1n) is 27.7. The molecule has 0 aliphatic carbocycles. The van der Waals surface area contributed by atoms with Crippen molar-refractivity contribution in [3.63, 3.8) is 0 Å². The topological polar surface area (TPSA) is 175 Å². The van der Waals surface area contributed by atoms with Crippen molar-refractivity contribution >= 4 is 62.9 Å². The van der Waals surface area contributed by atoms with E-state index in [1.54, 1.807) is 47.6 Å². The van der Waals surface area contributed by atoms with Crippen molar-refractivity contribution in [2.45, 2.75) is 122 Å². The van der Waals surface area contributed by atoms with E-state index in [1.807, 2.05) is 18.7 Å². The molecule has 4 fully saturated rings. The fourth-order valence-electron chi connectivity index (χ4n) is 12.3. The van der Waals surface area contributed by atoms with E-state index in [0.29, 0.717) is 67.1 Å². The highest BCUT2D eigenvalue weighted by Crippen LogP contribution is 2.50. The van der Waals surface area contributed by atoms with E-state index in [9.17, 15) is 32.3 Å². The first-order chi connectivity index (χ1) is 38.6. The SMILES string of the molecule is CCC(=O)NC(C(=O)N1CCCC1c1nc2cc(F)c(C3CCC(c4cc5[nH]c(C6CCCN6C(=O)C(NC(=O)OC)C(C)C)nc5cc4F)N3c3cc(F)c(N4CCN(c5ccc(C(F)(F)F)cc5)CC4)c(F)c3)cc2[nH]1)C(C)C. The van der Waals surface area contributed by atoms with E-state index >= 15 is 17.6 Å². The van der Waals surface area contributed by atoms with Crippen LogP contribution in [0.3, 0.4) is 0 Å². The number of carbonyl (C=O) groups excluding carboxylic acids is 4. The van der Waals surface area contributed by atoms with Crippen molar-refractivity contribution in [3.05, 3.63) is 112 Å². The molecular weight excluding hydrogens is 1060 g/mol. The number of methoxy groups -OCH3 is 1. The lowest BCUT2D eigenvalue weighted by Gasteiger charge is -2.38. The van der Waals surface area contributed by atoms with Crippen LogP contribution in [0.5, 0.6) is 0 Å². The zero-order valence-electron chi connectivity index (χ0n) is 45.9. The Morgan fingerprint density at radius 2 is 1.09 bits per heavy atom. The van der Waals surface area contributed by atoms with Gasteiger partial charge in [0.05, 0.1) is 58.9 Å². The minimum absolute atomic E-state index is 0.00888. The molecule has 6 unspecified atom stereocenters. The number of anilines is 3. The molecule has 0 radical (unpaired) electrons. The smallest absolute Gasteiger partial charge is 0.416 e. The predicted octanol–water partition coefficient (Wildman–Crippen LogP) is 10.7. The molecule has 6 heterocycles. The summed E-state index contributed by atoms with van der Waals surface area (Å²) in [5.41, 5.74) is 1.10. The van der Waals surface area contributed by atoms with Crippen molar-refractivity contribution in [1.82, 2.24) is 40.4 Å². The number of alkyl halides is 3. The maximum atomic E-state index is 17.0. The number of H-pyrrole nitrogens is 2. The number of amides is 4. The van der Waals surface area contributed by atoms with Gasteiger partial charge in [-0.15, -0.1) is 0 Å². The number of carbonyl (C=O) groups is 4. The maximum absolute atomic E-state index is 17.0. The summed E-state index contributed by atoms with van der Waals surface area (Å²) in [4.78, 5) is 77.2. The van der Waals surface area contributed by atoms with Gasteiger partial charge in [0.25, 0.3) is 0 Å². The average Bonchev–Trinajstić information content (AvgIpc) is 3.97. The molecule has 4 amide bonds. The Labute approximate surface area is 463 Å². The highest BCUT2D eigenvalue weighted by Gasteiger charge is 2.43. The molecule has 0 bridgehead atoms. The fourth-order valence-corrected chi connectivity index (χ4v) is 12.3. The van der Waals surface area contributed by atoms with Crippen LogP contribution in [0.2, 0.25) is 0 Å². The largest absolute Gasteiger partial charge is 0.453 e. The minimum atomic E-state index is -4.51. The summed E-state index contributed by atoms with van der Waals surface area (Å²) >= 11 is 0. The summed E-state index contributed by atoms with van der Waals surface area (Å²) in [6.45, 7) is 10.6. The number of alkyl carbamates (subject to hydrolysis) is 1. The Morgan fingerprint density at radius 3 is 1.53 bits per heavy atom. The number of nitrogens with zero attached hydrogens (tertiary/aromatic N) is 7. The highest BCUT2D eigenvalue weighted by molar-refractivity contribution is 5.89. The standard InChI is InChI=1S/C58H66F7N11O5/c1-7-49(77)70-50(30(2)3)55(78)74-18-8-10-47(74)53-66-41-26-35(37(59)28-43(41)68-53)45-16-17-46(36-27-42-44(29-38(36)60)69-54(67-42)48-11-9-19-75(48)56(79)51(31(4)5)71-57(80)81-6)76(45)34-24-39(61)52(40(62)25-34)73-22-20-72(21-23-73)33-14-12-32(13-15-33)58(63,64)65/h12-15,24-31,45-48,50-51H,7-11,16-23H2,1-6H3,(H,66,68)(H,67,69)(H,70,77)(H,71,80). The van der Waals surface area contributed by atoms with Crippen LogP contribution in [-0.4, -0.2) is 112 Å². The first-order valence-corrected chi connectivity index (χ1v) is 27.7. The summed E-state index contributed by atoms with van der Waals surface area (Å²) in [7, 11) is 1.21. The Kier molecular flexibility index (Phi) is 15.9. The molecule has 0 saturated carbocycles. The number of halogens is 7. The molecular formula is C58H66F7N11O5. The number of likely N-dealkylation sites (tertiary alicyclic amines) is 2. The van der Waals surface area contributed by atoms with Crippen LogP contribution in [0, 0.1) is 35.1 Å². The van der Waals surface area contributed by atoms with Gasteiger partial charge < -0.3 is 49.8 Å². The normalized spacial score (nSPS) is 20.6. The van der Waals surface area contributed by atoms with Crippen molar-refractivity contribution < 1.29 is 54.6 Å². The number of fused-ring (bicyclic) bond motifs is 2. The van der Waals surface area contributed by atoms with Crippen LogP contribution in [0.15, 0.2) is 60.7 Å². The van der Waals surface area contributed by atoms with Crippen molar-refractivity contribution in [2.75, 3.05) is 61.1 Å². The molecule has 4 N–H and O–H groups in total. The third kappa shape index (κ3) is 11.2. The molecule has 23 heteroatoms. The molecule has 4 saturated heterocycles. The summed E-state index contributed by atoms with van der Waals surface area (Å²) in [6.07, 6.45) is -2.24. The van der Waals surface area contributed by atoms with Gasteiger partial charge in [0.1, 0.15) is 41.1 Å². The Balaban J connectivity index is 0.986. The number of ether oxygens (including phenoxy) is 1. The zero-order chi connectivity index (χ0) is 57.8. The Hall–Kier alpha value is -7.59. The zero-order valence-corrected chi connectivity index (χ0v) is 45.9. The molecule has 4 aliphatic rings. The number of aromatic amines is 2. The van der Waals surface area contributed by atoms with Gasteiger partial charge in [0.2, 0.25) is 17.7 Å². The van der Waals surface area contributed by atoms with Crippen molar-refractivity contribution in [2.24, 2.45) is 11.8 Å². The molecule has 432 valence electrons. The third-order valence-electron chi connectivity index (χ3n) is 16.5. The molecule has 10 rings (SSSR count). The number of rotatable bonds is 14. The minimum Gasteiger partial charge on any atom is -0.453 e. The van der Waals surface area contributed by atoms with Crippen LogP contribution in [0.1, 0.15) is 132 Å². The van der Waals surface area contributed by atoms with Gasteiger partial charge in [-0.2, -0.15) is 13.2 Å². The number of hydrogen-bond acceptors (Lipinski definition) is 10. The number of imidazole rings is 2. The molecule has 4 aromatic carbocycles. The molecule has 81 heavy (non-hydrogen) atoms. The van der Waals surface area contributed by atoms with Gasteiger partial charge in [-0.05, 0) is 98.9 Å². The number of aromatic nitrogens is 4. The van der Waals surface area contributed by atoms with Gasteiger partial charge >= 0.3 is 12.3 Å². The second-order valence-electron chi connectivity index (χ2n) is 22.2. The summed E-state index contributed by atoms with van der Waals surface area (Å²) in [6, 6.07) is 8.22. The average molecular weight is 1130 g/mol. The summed E-state index contributed by atoms with van der Waals surface area (Å²) < 4.78 is 112. The van der Waals surface area contributed by atoms with Gasteiger partial charge in [-0.25, -0.2) is 32.3 Å². The molecule has 4 aliphatic heterocycles. The van der Waals surface area contributed by atoms with Gasteiger partial charge in [0.15, 0.2) is 11.6 Å². The second-order valence-corrected chi connectivity index (χ2v) is 22.2. The van der Waals surface area contributed by atoms with E-state index in [4.69, 9.17) is 14.7 Å². The van der Waals surface area contributed by atoms with E-state index in [2.05, 4.69) is 20.6 Å². The monoisotopic (exact) mass is 1130 g/mol. The second kappa shape index (κ2) is 22.7. The molecule has 6 aromatic rings. The maximum Gasteiger partial charge on any atom is 0.416 e. The number of benzene rings is 4. The van der Waals surface area contributed by atoms with E-state index in [0.717, 1.165) is 24.3 Å². The predicted molar refractivity (Wildman–Crippen MR) is 290 cm³/mol. The molecule has 2 aromatic heterocycles. The van der Waals surface area contributed by atoms with E-state index in [-0.39, 0.29) is 109 Å². The fraction of sp³-hybridized carbons (Fsp3) is 0.483. The number of piperazine rings is 1. The number of hydrogen-bond donors (Lipinski definition) is 4. The van der Waals surface area contributed by atoms with E-state index < -0.39 is 77.4 Å². The van der Waals surface area contributed by atoms with Gasteiger partial charge in [-0.3, -0.25) is 14.4 Å². The quantitative estimate of drug-likeness (QED) is 0.0769. The van der Waals surface area contributed by atoms with Crippen LogP contribution in [0.25, 0.3) is 22.1 Å². The summed E-state index contributed by atoms with van der Waals surface area (Å²) in [5, 5.41) is 5.49. The Morgan fingerprint density at radius 1 is 0.617 bits per heavy atom. The molecule has 0 spiro atoms. The van der Waals surface area contributed by atoms with Crippen LogP contribution in [0.4, 0.5) is 52.6 Å². The highest BCUT2D eigenvalue weighted by atomic mass is 19.4. The van der Waals surface area contributed by atoms with Crippen LogP contribution >= 0.6 is 0 Å². The molecule has 6 atom stereocenters. The van der Waals surface area contributed by atoms with Gasteiger partial charge in [-0.1, -0.05) is 34.6 Å². The lowest BCUT2D eigenvalue weighted by molar-refractivity contribution is -0.138. The molecule has 16 nitrogen and oxygen atoms in total. The van der Waals surface area contributed by atoms with Crippen LogP contribution in [-0.2, 0) is 25.3 Å². The lowest BCUT2D eigenvalue weighted by Crippen LogP contribution is -2.51. The summed E-state index contributed by atoms with van der Waals surface area (Å²) in [5.74, 6) is -3.70. The lowest BCUT2D eigenvalue weighted by atomic mass is 10.0.